The highest BCUT2D eigenvalue weighted by molar-refractivity contribution is 6.99. The third-order valence-electron chi connectivity index (χ3n) is 5.99. The molecule has 0 unspecified atom stereocenters. The van der Waals surface area contributed by atoms with E-state index < -0.39 is 8.32 Å². The van der Waals surface area contributed by atoms with Crippen molar-refractivity contribution in [2.75, 3.05) is 19.8 Å². The Hall–Kier alpha value is -1.95. The highest BCUT2D eigenvalue weighted by Gasteiger charge is 2.53. The second-order valence-electron chi connectivity index (χ2n) is 8.85. The summed E-state index contributed by atoms with van der Waals surface area (Å²) in [6.07, 6.45) is 0.873. The number of ether oxygens (including phenoxy) is 1. The monoisotopic (exact) mass is 395 g/mol. The number of benzene rings is 2. The number of carbonyl (C=O) groups is 1. The first-order valence-corrected chi connectivity index (χ1v) is 12.0. The van der Waals surface area contributed by atoms with Gasteiger partial charge in [0, 0.05) is 6.54 Å². The van der Waals surface area contributed by atoms with Crippen LogP contribution in [0.5, 0.6) is 0 Å². The molecule has 2 aliphatic heterocycles. The molecule has 2 saturated heterocycles. The fraction of sp³-hybridized carbons (Fsp3) is 0.435. The minimum absolute atomic E-state index is 0.0296. The maximum absolute atomic E-state index is 12.3. The minimum atomic E-state index is -2.58. The Bertz CT molecular complexity index is 779. The van der Waals surface area contributed by atoms with E-state index in [1.54, 1.807) is 0 Å². The fourth-order valence-corrected chi connectivity index (χ4v) is 9.41. The molecule has 148 valence electrons. The van der Waals surface area contributed by atoms with Gasteiger partial charge in [-0.3, -0.25) is 4.79 Å². The van der Waals surface area contributed by atoms with Crippen LogP contribution in [-0.4, -0.2) is 51.0 Å². The van der Waals surface area contributed by atoms with Crippen molar-refractivity contribution in [3.63, 3.8) is 0 Å². The summed E-state index contributed by atoms with van der Waals surface area (Å²) >= 11 is 0. The van der Waals surface area contributed by atoms with E-state index >= 15 is 0 Å². The normalized spacial score (nSPS) is 23.0. The van der Waals surface area contributed by atoms with Crippen molar-refractivity contribution in [2.24, 2.45) is 0 Å². The van der Waals surface area contributed by atoms with Crippen LogP contribution in [0.25, 0.3) is 0 Å². The molecule has 28 heavy (non-hydrogen) atoms. The lowest BCUT2D eigenvalue weighted by Crippen LogP contribution is -2.67. The van der Waals surface area contributed by atoms with Crippen LogP contribution < -0.4 is 10.4 Å². The average molecular weight is 396 g/mol. The van der Waals surface area contributed by atoms with E-state index in [1.807, 2.05) is 4.90 Å². The highest BCUT2D eigenvalue weighted by atomic mass is 28.4. The predicted octanol–water partition coefficient (Wildman–Crippen LogP) is 2.56. The zero-order valence-electron chi connectivity index (χ0n) is 16.9. The third kappa shape index (κ3) is 3.32. The number of hydrogen-bond acceptors (Lipinski definition) is 3. The molecule has 0 radical (unpaired) electrons. The van der Waals surface area contributed by atoms with Crippen LogP contribution in [0.4, 0.5) is 0 Å². The van der Waals surface area contributed by atoms with E-state index in [0.29, 0.717) is 13.2 Å². The van der Waals surface area contributed by atoms with E-state index in [-0.39, 0.29) is 29.7 Å². The quantitative estimate of drug-likeness (QED) is 0.747. The standard InChI is InChI=1S/C23H29NO3Si/c1-23(2,3)28(20-10-6-4-7-11-20,21-12-8-5-9-13-21)27-19-14-18-16-26-17-22(25)24(18)15-19/h4-13,18-19H,14-17H2,1-3H3/t18-,19-/m1/s1. The van der Waals surface area contributed by atoms with Crippen LogP contribution in [0, 0.1) is 0 Å². The molecule has 2 aromatic carbocycles. The van der Waals surface area contributed by atoms with Crippen molar-refractivity contribution in [3.05, 3.63) is 60.7 Å². The Morgan fingerprint density at radius 2 is 1.57 bits per heavy atom. The van der Waals surface area contributed by atoms with Gasteiger partial charge in [-0.25, -0.2) is 0 Å². The predicted molar refractivity (Wildman–Crippen MR) is 113 cm³/mol. The molecule has 0 saturated carbocycles. The van der Waals surface area contributed by atoms with Crippen LogP contribution in [-0.2, 0) is 14.0 Å². The lowest BCUT2D eigenvalue weighted by atomic mass is 10.2. The molecule has 2 heterocycles. The molecular weight excluding hydrogens is 366 g/mol. The smallest absolute Gasteiger partial charge is 0.261 e. The van der Waals surface area contributed by atoms with Gasteiger partial charge in [0.1, 0.15) is 6.61 Å². The van der Waals surface area contributed by atoms with Gasteiger partial charge in [-0.15, -0.1) is 0 Å². The van der Waals surface area contributed by atoms with Gasteiger partial charge < -0.3 is 14.1 Å². The van der Waals surface area contributed by atoms with E-state index in [2.05, 4.69) is 81.4 Å². The van der Waals surface area contributed by atoms with Gasteiger partial charge in [0.05, 0.1) is 18.8 Å². The summed E-state index contributed by atoms with van der Waals surface area (Å²) in [6, 6.07) is 21.5. The molecule has 5 heteroatoms. The summed E-state index contributed by atoms with van der Waals surface area (Å²) < 4.78 is 12.6. The van der Waals surface area contributed by atoms with Crippen molar-refractivity contribution in [1.29, 1.82) is 0 Å². The Balaban J connectivity index is 1.76. The van der Waals surface area contributed by atoms with Crippen molar-refractivity contribution in [2.45, 2.75) is 44.4 Å². The first-order valence-electron chi connectivity index (χ1n) is 10.1. The molecule has 0 bridgehead atoms. The summed E-state index contributed by atoms with van der Waals surface area (Å²) in [7, 11) is -2.58. The van der Waals surface area contributed by atoms with Crippen LogP contribution in [0.1, 0.15) is 27.2 Å². The number of morpholine rings is 1. The molecule has 1 amide bonds. The second-order valence-corrected chi connectivity index (χ2v) is 13.1. The molecule has 4 nitrogen and oxygen atoms in total. The highest BCUT2D eigenvalue weighted by Crippen LogP contribution is 2.39. The van der Waals surface area contributed by atoms with Crippen LogP contribution in [0.3, 0.4) is 0 Å². The fourth-order valence-electron chi connectivity index (χ4n) is 4.73. The van der Waals surface area contributed by atoms with Crippen molar-refractivity contribution >= 4 is 24.6 Å². The third-order valence-corrected chi connectivity index (χ3v) is 11.1. The number of rotatable bonds is 4. The Morgan fingerprint density at radius 3 is 2.07 bits per heavy atom. The van der Waals surface area contributed by atoms with Gasteiger partial charge in [0.25, 0.3) is 8.32 Å². The summed E-state index contributed by atoms with van der Waals surface area (Å²) in [5.41, 5.74) is 0. The molecule has 0 aromatic heterocycles. The lowest BCUT2D eigenvalue weighted by molar-refractivity contribution is -0.145. The largest absolute Gasteiger partial charge is 0.403 e. The van der Waals surface area contributed by atoms with E-state index in [0.717, 1.165) is 6.42 Å². The zero-order valence-corrected chi connectivity index (χ0v) is 17.9. The number of fused-ring (bicyclic) bond motifs is 1. The maximum atomic E-state index is 12.3. The summed E-state index contributed by atoms with van der Waals surface area (Å²) in [4.78, 5) is 14.2. The van der Waals surface area contributed by atoms with E-state index in [4.69, 9.17) is 9.16 Å². The average Bonchev–Trinajstić information content (AvgIpc) is 3.10. The number of hydrogen-bond donors (Lipinski definition) is 0. The molecule has 4 rings (SSSR count). The van der Waals surface area contributed by atoms with Gasteiger partial charge in [0.2, 0.25) is 5.91 Å². The first-order chi connectivity index (χ1) is 13.4. The lowest BCUT2D eigenvalue weighted by Gasteiger charge is -2.44. The second kappa shape index (κ2) is 7.47. The topological polar surface area (TPSA) is 38.8 Å². The van der Waals surface area contributed by atoms with Gasteiger partial charge in [-0.2, -0.15) is 0 Å². The van der Waals surface area contributed by atoms with Gasteiger partial charge in [0.15, 0.2) is 0 Å². The minimum Gasteiger partial charge on any atom is -0.403 e. The molecule has 0 N–H and O–H groups in total. The van der Waals surface area contributed by atoms with Crippen LogP contribution >= 0.6 is 0 Å². The van der Waals surface area contributed by atoms with Crippen molar-refractivity contribution in [3.8, 4) is 0 Å². The van der Waals surface area contributed by atoms with Crippen LogP contribution in [0.2, 0.25) is 5.04 Å². The van der Waals surface area contributed by atoms with E-state index in [9.17, 15) is 4.79 Å². The Labute approximate surface area is 168 Å². The van der Waals surface area contributed by atoms with E-state index in [1.165, 1.54) is 10.4 Å². The Kier molecular flexibility index (Phi) is 5.16. The molecule has 2 aliphatic rings. The summed E-state index contributed by atoms with van der Waals surface area (Å²) in [5, 5.41) is 2.50. The number of amides is 1. The molecular formula is C23H29NO3Si. The molecule has 0 spiro atoms. The van der Waals surface area contributed by atoms with Crippen LogP contribution in [0.15, 0.2) is 60.7 Å². The maximum Gasteiger partial charge on any atom is 0.261 e. The van der Waals surface area contributed by atoms with Gasteiger partial charge >= 0.3 is 0 Å². The molecule has 2 atom stereocenters. The first kappa shape index (κ1) is 19.4. The SMILES string of the molecule is CC(C)(C)[Si](O[C@@H]1C[C@@H]2COCC(=O)N2C1)(c1ccccc1)c1ccccc1. The molecule has 2 aromatic rings. The number of carbonyl (C=O) groups excluding carboxylic acids is 1. The Morgan fingerprint density at radius 1 is 1.00 bits per heavy atom. The van der Waals surface area contributed by atoms with Crippen molar-refractivity contribution in [1.82, 2.24) is 4.90 Å². The van der Waals surface area contributed by atoms with Crippen molar-refractivity contribution < 1.29 is 14.0 Å². The van der Waals surface area contributed by atoms with Gasteiger partial charge in [-0.1, -0.05) is 81.4 Å². The van der Waals surface area contributed by atoms with Gasteiger partial charge in [-0.05, 0) is 21.8 Å². The number of nitrogens with zero attached hydrogens (tertiary/aromatic N) is 1. The molecule has 2 fully saturated rings. The molecule has 0 aliphatic carbocycles. The summed E-state index contributed by atoms with van der Waals surface area (Å²) in [6.45, 7) is 8.34. The summed E-state index contributed by atoms with van der Waals surface area (Å²) in [5.74, 6) is 0.0878. The zero-order chi connectivity index (χ0) is 19.8.